The van der Waals surface area contributed by atoms with E-state index < -0.39 is 0 Å². The average molecular weight is 251 g/mol. The Morgan fingerprint density at radius 2 is 1.78 bits per heavy atom. The van der Waals surface area contributed by atoms with Crippen LogP contribution in [0.25, 0.3) is 0 Å². The van der Waals surface area contributed by atoms with Gasteiger partial charge in [0.05, 0.1) is 12.2 Å². The molecule has 0 heterocycles. The first-order chi connectivity index (χ1) is 8.43. The zero-order valence-electron chi connectivity index (χ0n) is 12.3. The highest BCUT2D eigenvalue weighted by molar-refractivity contribution is 5.54. The van der Waals surface area contributed by atoms with Gasteiger partial charge in [-0.15, -0.1) is 0 Å². The van der Waals surface area contributed by atoms with Crippen molar-refractivity contribution in [2.75, 3.05) is 12.4 Å². The third-order valence-electron chi connectivity index (χ3n) is 3.03. The summed E-state index contributed by atoms with van der Waals surface area (Å²) in [5.41, 5.74) is 2.31. The maximum Gasteiger partial charge on any atom is 0.120 e. The first-order valence-electron chi connectivity index (χ1n) is 6.50. The molecule has 0 bridgehead atoms. The predicted octanol–water partition coefficient (Wildman–Crippen LogP) is 3.62. The molecule has 0 saturated heterocycles. The van der Waals surface area contributed by atoms with Gasteiger partial charge in [-0.1, -0.05) is 0 Å². The summed E-state index contributed by atoms with van der Waals surface area (Å²) in [5, 5.41) is 3.46. The fraction of sp³-hybridized carbons (Fsp3) is 0.600. The van der Waals surface area contributed by atoms with Gasteiger partial charge in [-0.3, -0.25) is 0 Å². The lowest BCUT2D eigenvalue weighted by Gasteiger charge is -2.22. The first kappa shape index (κ1) is 14.8. The fourth-order valence-corrected chi connectivity index (χ4v) is 1.71. The number of rotatable bonds is 6. The van der Waals surface area contributed by atoms with E-state index in [1.54, 1.807) is 7.11 Å². The van der Waals surface area contributed by atoms with Crippen molar-refractivity contribution in [3.05, 3.63) is 23.8 Å². The molecule has 0 aliphatic heterocycles. The third-order valence-corrected chi connectivity index (χ3v) is 3.03. The predicted molar refractivity (Wildman–Crippen MR) is 76.5 cm³/mol. The van der Waals surface area contributed by atoms with Gasteiger partial charge in [0, 0.05) is 18.8 Å². The highest BCUT2D eigenvalue weighted by atomic mass is 16.5. The van der Waals surface area contributed by atoms with Gasteiger partial charge in [0.2, 0.25) is 0 Å². The van der Waals surface area contributed by atoms with Crippen LogP contribution in [0.3, 0.4) is 0 Å². The van der Waals surface area contributed by atoms with Crippen molar-refractivity contribution in [3.63, 3.8) is 0 Å². The summed E-state index contributed by atoms with van der Waals surface area (Å²) in [6.07, 6.45) is 0.381. The van der Waals surface area contributed by atoms with Crippen molar-refractivity contribution < 1.29 is 9.47 Å². The largest absolute Gasteiger partial charge is 0.491 e. The van der Waals surface area contributed by atoms with Crippen LogP contribution in [0.2, 0.25) is 0 Å². The van der Waals surface area contributed by atoms with Crippen LogP contribution in [0, 0.1) is 6.92 Å². The Balaban J connectivity index is 2.73. The second-order valence-electron chi connectivity index (χ2n) is 5.02. The quantitative estimate of drug-likeness (QED) is 0.837. The lowest BCUT2D eigenvalue weighted by molar-refractivity contribution is 0.106. The van der Waals surface area contributed by atoms with Gasteiger partial charge in [-0.25, -0.2) is 0 Å². The Bertz CT molecular complexity index is 377. The molecule has 1 N–H and O–H groups in total. The van der Waals surface area contributed by atoms with E-state index in [2.05, 4.69) is 38.2 Å². The van der Waals surface area contributed by atoms with Crippen LogP contribution in [0.15, 0.2) is 18.2 Å². The average Bonchev–Trinajstić information content (AvgIpc) is 2.30. The van der Waals surface area contributed by atoms with Crippen LogP contribution in [0.4, 0.5) is 5.69 Å². The number of benzene rings is 1. The van der Waals surface area contributed by atoms with Gasteiger partial charge in [0.25, 0.3) is 0 Å². The van der Waals surface area contributed by atoms with Gasteiger partial charge >= 0.3 is 0 Å². The highest BCUT2D eigenvalue weighted by Gasteiger charge is 2.12. The minimum Gasteiger partial charge on any atom is -0.491 e. The van der Waals surface area contributed by atoms with Crippen LogP contribution in [-0.4, -0.2) is 25.4 Å². The molecule has 3 heteroatoms. The Labute approximate surface area is 110 Å². The Hall–Kier alpha value is -1.22. The van der Waals surface area contributed by atoms with E-state index in [-0.39, 0.29) is 18.2 Å². The van der Waals surface area contributed by atoms with Crippen molar-refractivity contribution in [3.8, 4) is 5.75 Å². The summed E-state index contributed by atoms with van der Waals surface area (Å²) in [6.45, 7) is 10.3. The molecule has 1 aromatic carbocycles. The minimum atomic E-state index is 0.177. The summed E-state index contributed by atoms with van der Waals surface area (Å²) >= 11 is 0. The number of ether oxygens (including phenoxy) is 2. The summed E-state index contributed by atoms with van der Waals surface area (Å²) < 4.78 is 11.0. The number of hydrogen-bond acceptors (Lipinski definition) is 3. The van der Waals surface area contributed by atoms with Crippen LogP contribution in [0.5, 0.6) is 5.75 Å². The Kier molecular flexibility index (Phi) is 5.48. The maximum absolute atomic E-state index is 5.67. The molecule has 3 nitrogen and oxygen atoms in total. The monoisotopic (exact) mass is 251 g/mol. The van der Waals surface area contributed by atoms with Crippen LogP contribution in [0.1, 0.15) is 33.3 Å². The van der Waals surface area contributed by atoms with Crippen molar-refractivity contribution in [2.24, 2.45) is 0 Å². The molecule has 1 rings (SSSR count). The molecule has 0 aliphatic carbocycles. The van der Waals surface area contributed by atoms with Crippen molar-refractivity contribution >= 4 is 5.69 Å². The zero-order valence-corrected chi connectivity index (χ0v) is 12.3. The number of methoxy groups -OCH3 is 1. The van der Waals surface area contributed by atoms with E-state index in [0.29, 0.717) is 0 Å². The molecule has 0 fully saturated rings. The topological polar surface area (TPSA) is 30.5 Å². The molecule has 1 aromatic rings. The lowest BCUT2D eigenvalue weighted by Crippen LogP contribution is -2.29. The number of nitrogens with one attached hydrogen (secondary N) is 1. The molecular formula is C15H25NO2. The standard InChI is InChI=1S/C15H25NO2/c1-10(2)18-14-7-8-15(11(3)9-14)16-12(4)13(5)17-6/h7-10,12-13,16H,1-6H3. The molecular weight excluding hydrogens is 226 g/mol. The molecule has 0 spiro atoms. The van der Waals surface area contributed by atoms with Gasteiger partial charge in [0.1, 0.15) is 5.75 Å². The molecule has 0 saturated carbocycles. The normalized spacial score (nSPS) is 14.4. The second kappa shape index (κ2) is 6.64. The third kappa shape index (κ3) is 4.22. The molecule has 0 aliphatic rings. The number of aryl methyl sites for hydroxylation is 1. The van der Waals surface area contributed by atoms with E-state index in [0.717, 1.165) is 11.4 Å². The van der Waals surface area contributed by atoms with Gasteiger partial charge < -0.3 is 14.8 Å². The smallest absolute Gasteiger partial charge is 0.120 e. The van der Waals surface area contributed by atoms with Crippen LogP contribution >= 0.6 is 0 Å². The molecule has 102 valence electrons. The minimum absolute atomic E-state index is 0.177. The molecule has 0 aromatic heterocycles. The summed E-state index contributed by atoms with van der Waals surface area (Å²) in [5.74, 6) is 0.917. The Morgan fingerprint density at radius 1 is 1.11 bits per heavy atom. The molecule has 2 atom stereocenters. The zero-order chi connectivity index (χ0) is 13.7. The highest BCUT2D eigenvalue weighted by Crippen LogP contribution is 2.23. The van der Waals surface area contributed by atoms with Gasteiger partial charge in [-0.2, -0.15) is 0 Å². The van der Waals surface area contributed by atoms with E-state index in [9.17, 15) is 0 Å². The van der Waals surface area contributed by atoms with Crippen LogP contribution < -0.4 is 10.1 Å². The van der Waals surface area contributed by atoms with E-state index in [4.69, 9.17) is 9.47 Å². The fourth-order valence-electron chi connectivity index (χ4n) is 1.71. The van der Waals surface area contributed by atoms with E-state index in [1.807, 2.05) is 19.9 Å². The second-order valence-corrected chi connectivity index (χ2v) is 5.02. The van der Waals surface area contributed by atoms with E-state index >= 15 is 0 Å². The summed E-state index contributed by atoms with van der Waals surface area (Å²) in [4.78, 5) is 0. The van der Waals surface area contributed by atoms with Crippen molar-refractivity contribution in [1.82, 2.24) is 0 Å². The van der Waals surface area contributed by atoms with Gasteiger partial charge in [-0.05, 0) is 58.4 Å². The first-order valence-corrected chi connectivity index (χ1v) is 6.50. The molecule has 18 heavy (non-hydrogen) atoms. The van der Waals surface area contributed by atoms with Gasteiger partial charge in [0.15, 0.2) is 0 Å². The molecule has 0 amide bonds. The number of hydrogen-bond donors (Lipinski definition) is 1. The molecule has 2 unspecified atom stereocenters. The van der Waals surface area contributed by atoms with Crippen molar-refractivity contribution in [1.29, 1.82) is 0 Å². The Morgan fingerprint density at radius 3 is 2.28 bits per heavy atom. The summed E-state index contributed by atoms with van der Waals surface area (Å²) in [6, 6.07) is 6.39. The van der Waals surface area contributed by atoms with Crippen LogP contribution in [-0.2, 0) is 4.74 Å². The molecule has 0 radical (unpaired) electrons. The van der Waals surface area contributed by atoms with Crippen molar-refractivity contribution in [2.45, 2.75) is 52.9 Å². The SMILES string of the molecule is COC(C)C(C)Nc1ccc(OC(C)C)cc1C. The lowest BCUT2D eigenvalue weighted by atomic mass is 10.1. The summed E-state index contributed by atoms with van der Waals surface area (Å²) in [7, 11) is 1.73. The van der Waals surface area contributed by atoms with E-state index in [1.165, 1.54) is 5.56 Å². The number of anilines is 1. The maximum atomic E-state index is 5.67.